The molecule has 2 aromatic carbocycles. The molecule has 2 aliphatic heterocycles. The lowest BCUT2D eigenvalue weighted by molar-refractivity contribution is -0.162. The van der Waals surface area contributed by atoms with Gasteiger partial charge >= 0.3 is 18.1 Å². The zero-order valence-electron chi connectivity index (χ0n) is 20.2. The van der Waals surface area contributed by atoms with Crippen molar-refractivity contribution in [3.05, 3.63) is 53.1 Å². The molecule has 0 aliphatic carbocycles. The van der Waals surface area contributed by atoms with E-state index in [0.29, 0.717) is 37.7 Å². The third kappa shape index (κ3) is 4.90. The summed E-state index contributed by atoms with van der Waals surface area (Å²) in [5.74, 6) is -5.16. The lowest BCUT2D eigenvalue weighted by Gasteiger charge is -2.42. The minimum absolute atomic E-state index is 0.0270. The molecule has 12 heteroatoms. The Hall–Kier alpha value is -3.51. The van der Waals surface area contributed by atoms with Gasteiger partial charge in [-0.25, -0.2) is 4.79 Å². The number of hydrogen-bond donors (Lipinski definition) is 4. The van der Waals surface area contributed by atoms with Crippen LogP contribution in [0.1, 0.15) is 23.6 Å². The van der Waals surface area contributed by atoms with Crippen LogP contribution < -0.4 is 15.1 Å². The molecule has 4 N–H and O–H groups in total. The monoisotopic (exact) mass is 523 g/mol. The van der Waals surface area contributed by atoms with Crippen molar-refractivity contribution in [2.45, 2.75) is 38.3 Å². The lowest BCUT2D eigenvalue weighted by atomic mass is 9.87. The number of anilines is 3. The van der Waals surface area contributed by atoms with E-state index in [9.17, 15) is 38.1 Å². The Morgan fingerprint density at radius 1 is 1.14 bits per heavy atom. The smallest absolute Gasteiger partial charge is 0.416 e. The third-order valence-electron chi connectivity index (χ3n) is 7.12. The molecule has 0 radical (unpaired) electrons. The van der Waals surface area contributed by atoms with E-state index in [1.54, 1.807) is 12.1 Å². The van der Waals surface area contributed by atoms with Crippen molar-refractivity contribution in [1.82, 2.24) is 0 Å². The van der Waals surface area contributed by atoms with Crippen molar-refractivity contribution in [3.63, 3.8) is 0 Å². The molecule has 9 nitrogen and oxygen atoms in total. The summed E-state index contributed by atoms with van der Waals surface area (Å²) < 4.78 is 46.2. The molecule has 0 bridgehead atoms. The number of carbonyl (C=O) groups is 2. The SMILES string of the molecule is Cc1c(CN2c3cc(N4CCOCC4)ccc3NC2(C)C(C(=O)O)C(O)C(=O)O)cccc1C(F)(F)F. The van der Waals surface area contributed by atoms with E-state index < -0.39 is 41.4 Å². The summed E-state index contributed by atoms with van der Waals surface area (Å²) in [5.41, 5.74) is -0.524. The Morgan fingerprint density at radius 2 is 1.81 bits per heavy atom. The summed E-state index contributed by atoms with van der Waals surface area (Å²) in [7, 11) is 0. The second-order valence-corrected chi connectivity index (χ2v) is 9.35. The number of hydrogen-bond acceptors (Lipinski definition) is 7. The van der Waals surface area contributed by atoms with Crippen LogP contribution in [-0.4, -0.2) is 65.3 Å². The Bertz CT molecular complexity index is 1200. The number of alkyl halides is 3. The second-order valence-electron chi connectivity index (χ2n) is 9.35. The van der Waals surface area contributed by atoms with Gasteiger partial charge in [0, 0.05) is 25.3 Å². The van der Waals surface area contributed by atoms with Crippen LogP contribution in [0.4, 0.5) is 30.2 Å². The summed E-state index contributed by atoms with van der Waals surface area (Å²) in [5, 5.41) is 32.9. The maximum absolute atomic E-state index is 13.6. The topological polar surface area (TPSA) is 123 Å². The first-order valence-corrected chi connectivity index (χ1v) is 11.7. The van der Waals surface area contributed by atoms with Crippen LogP contribution >= 0.6 is 0 Å². The zero-order valence-corrected chi connectivity index (χ0v) is 20.2. The number of nitrogens with one attached hydrogen (secondary N) is 1. The van der Waals surface area contributed by atoms with Gasteiger partial charge in [0.2, 0.25) is 0 Å². The summed E-state index contributed by atoms with van der Waals surface area (Å²) in [6.45, 7) is 4.87. The van der Waals surface area contributed by atoms with Crippen LogP contribution in [-0.2, 0) is 27.0 Å². The summed E-state index contributed by atoms with van der Waals surface area (Å²) >= 11 is 0. The van der Waals surface area contributed by atoms with Crippen LogP contribution in [0.2, 0.25) is 0 Å². The maximum atomic E-state index is 13.6. The molecular formula is C25H28F3N3O6. The maximum Gasteiger partial charge on any atom is 0.416 e. The van der Waals surface area contributed by atoms with Crippen LogP contribution in [0.25, 0.3) is 0 Å². The molecule has 3 atom stereocenters. The minimum Gasteiger partial charge on any atom is -0.481 e. The third-order valence-corrected chi connectivity index (χ3v) is 7.12. The quantitative estimate of drug-likeness (QED) is 0.434. The Kier molecular flexibility index (Phi) is 6.99. The molecule has 1 fully saturated rings. The average Bonchev–Trinajstić information content (AvgIpc) is 3.10. The van der Waals surface area contributed by atoms with Crippen molar-refractivity contribution in [1.29, 1.82) is 0 Å². The predicted molar refractivity (Wildman–Crippen MR) is 129 cm³/mol. The number of carboxylic acids is 2. The molecule has 37 heavy (non-hydrogen) atoms. The number of nitrogens with zero attached hydrogens (tertiary/aromatic N) is 2. The van der Waals surface area contributed by atoms with Crippen molar-refractivity contribution in [2.75, 3.05) is 41.4 Å². The summed E-state index contributed by atoms with van der Waals surface area (Å²) in [6, 6.07) is 9.08. The number of aliphatic hydroxyl groups excluding tert-OH is 1. The standard InChI is InChI=1S/C25H28F3N3O6/c1-14-15(4-3-5-17(14)25(26,27)28)13-31-19-12-16(30-8-10-37-11-9-30)6-7-18(19)29-24(31,2)20(22(33)34)21(32)23(35)36/h3-7,12,20-21,29,32H,8-11,13H2,1-2H3,(H,33,34)(H,35,36). The van der Waals surface area contributed by atoms with Gasteiger partial charge in [0.05, 0.1) is 30.2 Å². The fraction of sp³-hybridized carbons (Fsp3) is 0.440. The Labute approximate surface area is 211 Å². The van der Waals surface area contributed by atoms with Gasteiger partial charge in [-0.3, -0.25) is 4.79 Å². The molecule has 200 valence electrons. The lowest BCUT2D eigenvalue weighted by Crippen LogP contribution is -2.61. The highest BCUT2D eigenvalue weighted by atomic mass is 19.4. The number of ether oxygens (including phenoxy) is 1. The van der Waals surface area contributed by atoms with Gasteiger partial charge in [-0.05, 0) is 49.2 Å². The van der Waals surface area contributed by atoms with Crippen molar-refractivity contribution in [2.24, 2.45) is 5.92 Å². The molecule has 3 unspecified atom stereocenters. The molecule has 0 aromatic heterocycles. The molecule has 2 heterocycles. The van der Waals surface area contributed by atoms with Crippen LogP contribution in [0.3, 0.4) is 0 Å². The van der Waals surface area contributed by atoms with Gasteiger partial charge in [-0.2, -0.15) is 13.2 Å². The molecule has 0 amide bonds. The normalized spacial score (nSPS) is 21.2. The van der Waals surface area contributed by atoms with Gasteiger partial charge < -0.3 is 35.2 Å². The van der Waals surface area contributed by atoms with E-state index in [0.717, 1.165) is 11.8 Å². The number of benzene rings is 2. The highest BCUT2D eigenvalue weighted by Gasteiger charge is 2.54. The van der Waals surface area contributed by atoms with Gasteiger partial charge in [0.1, 0.15) is 11.6 Å². The number of rotatable bonds is 7. The van der Waals surface area contributed by atoms with E-state index >= 15 is 0 Å². The van der Waals surface area contributed by atoms with Crippen molar-refractivity contribution < 1.29 is 42.8 Å². The van der Waals surface area contributed by atoms with E-state index in [4.69, 9.17) is 4.74 Å². The van der Waals surface area contributed by atoms with E-state index in [1.807, 2.05) is 6.07 Å². The number of fused-ring (bicyclic) bond motifs is 1. The fourth-order valence-corrected chi connectivity index (χ4v) is 5.11. The van der Waals surface area contributed by atoms with Gasteiger partial charge in [0.25, 0.3) is 0 Å². The molecule has 2 aromatic rings. The fourth-order valence-electron chi connectivity index (χ4n) is 5.11. The average molecular weight is 524 g/mol. The Morgan fingerprint density at radius 3 is 2.41 bits per heavy atom. The summed E-state index contributed by atoms with van der Waals surface area (Å²) in [4.78, 5) is 27.5. The summed E-state index contributed by atoms with van der Waals surface area (Å²) in [6.07, 6.45) is -6.87. The molecule has 4 rings (SSSR count). The van der Waals surface area contributed by atoms with E-state index in [-0.39, 0.29) is 17.7 Å². The van der Waals surface area contributed by atoms with Crippen LogP contribution in [0, 0.1) is 12.8 Å². The van der Waals surface area contributed by atoms with Crippen LogP contribution in [0.5, 0.6) is 0 Å². The largest absolute Gasteiger partial charge is 0.481 e. The number of halogens is 3. The first-order chi connectivity index (χ1) is 17.3. The predicted octanol–water partition coefficient (Wildman–Crippen LogP) is 3.15. The molecule has 0 spiro atoms. The van der Waals surface area contributed by atoms with Crippen molar-refractivity contribution >= 4 is 29.0 Å². The first kappa shape index (κ1) is 26.6. The number of carboxylic acid groups (broad SMARTS) is 2. The number of aliphatic hydroxyl groups is 1. The number of morpholine rings is 1. The van der Waals surface area contributed by atoms with Crippen LogP contribution in [0.15, 0.2) is 36.4 Å². The highest BCUT2D eigenvalue weighted by molar-refractivity contribution is 5.88. The van der Waals surface area contributed by atoms with Gasteiger partial charge in [0.15, 0.2) is 6.10 Å². The van der Waals surface area contributed by atoms with E-state index in [2.05, 4.69) is 10.2 Å². The molecule has 2 aliphatic rings. The number of aliphatic carboxylic acids is 2. The van der Waals surface area contributed by atoms with Gasteiger partial charge in [-0.1, -0.05) is 12.1 Å². The molecule has 1 saturated heterocycles. The molecule has 0 saturated carbocycles. The Balaban J connectivity index is 1.84. The van der Waals surface area contributed by atoms with Gasteiger partial charge in [-0.15, -0.1) is 0 Å². The van der Waals surface area contributed by atoms with Crippen molar-refractivity contribution in [3.8, 4) is 0 Å². The van der Waals surface area contributed by atoms with E-state index in [1.165, 1.54) is 30.9 Å². The zero-order chi connectivity index (χ0) is 27.1. The highest BCUT2D eigenvalue weighted by Crippen LogP contribution is 2.47. The minimum atomic E-state index is -4.59. The molecular weight excluding hydrogens is 495 g/mol. The first-order valence-electron chi connectivity index (χ1n) is 11.7. The second kappa shape index (κ2) is 9.75.